The smallest absolute Gasteiger partial charge is 0.226 e. The maximum absolute atomic E-state index is 12.6. The van der Waals surface area contributed by atoms with E-state index in [0.717, 1.165) is 25.3 Å². The first-order chi connectivity index (χ1) is 12.8. The van der Waals surface area contributed by atoms with Crippen molar-refractivity contribution in [3.8, 4) is 5.75 Å². The minimum atomic E-state index is 0.179. The molecule has 1 amide bonds. The fourth-order valence-electron chi connectivity index (χ4n) is 3.95. The van der Waals surface area contributed by atoms with Crippen molar-refractivity contribution in [3.63, 3.8) is 0 Å². The standard InChI is InChI=1S/C21H25N3O2/c25-20(12-14-26-17-9-5-2-6-10-17)24-13-11-19-18(15-24)21(23-22-19)16-7-3-1-4-8-16/h1-10,18-19,21-23H,11-15H2. The number of hydrogen-bond donors (Lipinski definition) is 2. The Balaban J connectivity index is 1.33. The molecule has 136 valence electrons. The number of carbonyl (C=O) groups excluding carboxylic acids is 1. The van der Waals surface area contributed by atoms with Crippen molar-refractivity contribution in [2.75, 3.05) is 19.7 Å². The van der Waals surface area contributed by atoms with Gasteiger partial charge in [0.1, 0.15) is 5.75 Å². The molecule has 5 nitrogen and oxygen atoms in total. The normalized spacial score (nSPS) is 24.9. The second-order valence-electron chi connectivity index (χ2n) is 6.99. The first-order valence-electron chi connectivity index (χ1n) is 9.33. The van der Waals surface area contributed by atoms with Crippen molar-refractivity contribution in [1.29, 1.82) is 0 Å². The van der Waals surface area contributed by atoms with Gasteiger partial charge in [-0.15, -0.1) is 0 Å². The zero-order valence-corrected chi connectivity index (χ0v) is 14.8. The van der Waals surface area contributed by atoms with Crippen molar-refractivity contribution in [2.45, 2.75) is 24.9 Å². The van der Waals surface area contributed by atoms with Crippen LogP contribution in [0.15, 0.2) is 60.7 Å². The van der Waals surface area contributed by atoms with Crippen LogP contribution in [0.4, 0.5) is 0 Å². The monoisotopic (exact) mass is 351 g/mol. The molecule has 5 heteroatoms. The Morgan fingerprint density at radius 1 is 1.04 bits per heavy atom. The predicted octanol–water partition coefficient (Wildman–Crippen LogP) is 2.52. The minimum absolute atomic E-state index is 0.179. The Hall–Kier alpha value is -2.37. The second-order valence-corrected chi connectivity index (χ2v) is 6.99. The van der Waals surface area contributed by atoms with Gasteiger partial charge in [-0.3, -0.25) is 10.2 Å². The first-order valence-corrected chi connectivity index (χ1v) is 9.33. The molecule has 2 aromatic carbocycles. The van der Waals surface area contributed by atoms with Gasteiger partial charge in [0.2, 0.25) is 5.91 Å². The number of rotatable bonds is 5. The van der Waals surface area contributed by atoms with Gasteiger partial charge in [-0.05, 0) is 24.1 Å². The molecular formula is C21H25N3O2. The summed E-state index contributed by atoms with van der Waals surface area (Å²) in [5.41, 5.74) is 8.12. The lowest BCUT2D eigenvalue weighted by Gasteiger charge is -2.36. The SMILES string of the molecule is O=C(CCOc1ccccc1)N1CCC2NNC(c3ccccc3)C2C1. The summed E-state index contributed by atoms with van der Waals surface area (Å²) in [6.07, 6.45) is 1.40. The molecule has 0 aromatic heterocycles. The van der Waals surface area contributed by atoms with E-state index in [9.17, 15) is 4.79 Å². The average molecular weight is 351 g/mol. The van der Waals surface area contributed by atoms with E-state index in [1.807, 2.05) is 41.3 Å². The van der Waals surface area contributed by atoms with Crippen LogP contribution in [0, 0.1) is 5.92 Å². The molecule has 4 rings (SSSR count). The predicted molar refractivity (Wildman–Crippen MR) is 100 cm³/mol. The fraction of sp³-hybridized carbons (Fsp3) is 0.381. The van der Waals surface area contributed by atoms with E-state index in [-0.39, 0.29) is 11.9 Å². The molecule has 2 aliphatic rings. The highest BCUT2D eigenvalue weighted by molar-refractivity contribution is 5.76. The van der Waals surface area contributed by atoms with Crippen molar-refractivity contribution >= 4 is 5.91 Å². The molecule has 2 heterocycles. The topological polar surface area (TPSA) is 53.6 Å². The number of nitrogens with one attached hydrogen (secondary N) is 2. The van der Waals surface area contributed by atoms with E-state index in [1.165, 1.54) is 5.56 Å². The molecule has 0 spiro atoms. The van der Waals surface area contributed by atoms with Gasteiger partial charge < -0.3 is 9.64 Å². The van der Waals surface area contributed by atoms with Gasteiger partial charge in [-0.2, -0.15) is 0 Å². The van der Waals surface area contributed by atoms with Crippen molar-refractivity contribution < 1.29 is 9.53 Å². The summed E-state index contributed by atoms with van der Waals surface area (Å²) >= 11 is 0. The number of amides is 1. The summed E-state index contributed by atoms with van der Waals surface area (Å²) in [7, 11) is 0. The van der Waals surface area contributed by atoms with E-state index >= 15 is 0 Å². The molecule has 0 aliphatic carbocycles. The first kappa shape index (κ1) is 17.1. The Morgan fingerprint density at radius 2 is 1.77 bits per heavy atom. The highest BCUT2D eigenvalue weighted by Gasteiger charge is 2.41. The third-order valence-electron chi connectivity index (χ3n) is 5.35. The van der Waals surface area contributed by atoms with Gasteiger partial charge in [0.15, 0.2) is 0 Å². The number of ether oxygens (including phenoxy) is 1. The summed E-state index contributed by atoms with van der Waals surface area (Å²) < 4.78 is 5.67. The van der Waals surface area contributed by atoms with Crippen LogP contribution in [0.3, 0.4) is 0 Å². The van der Waals surface area contributed by atoms with Gasteiger partial charge in [0.25, 0.3) is 0 Å². The van der Waals surface area contributed by atoms with Crippen LogP contribution in [0.25, 0.3) is 0 Å². The largest absolute Gasteiger partial charge is 0.493 e. The van der Waals surface area contributed by atoms with Crippen LogP contribution in [0.2, 0.25) is 0 Å². The zero-order valence-electron chi connectivity index (χ0n) is 14.8. The number of benzene rings is 2. The molecular weight excluding hydrogens is 326 g/mol. The second kappa shape index (κ2) is 7.89. The van der Waals surface area contributed by atoms with E-state index in [4.69, 9.17) is 4.74 Å². The number of fused-ring (bicyclic) bond motifs is 1. The minimum Gasteiger partial charge on any atom is -0.493 e. The summed E-state index contributed by atoms with van der Waals surface area (Å²) in [5.74, 6) is 1.38. The number of likely N-dealkylation sites (tertiary alicyclic amines) is 1. The number of nitrogens with zero attached hydrogens (tertiary/aromatic N) is 1. The Kier molecular flexibility index (Phi) is 5.18. The number of hydrogen-bond acceptors (Lipinski definition) is 4. The maximum atomic E-state index is 12.6. The molecule has 2 aliphatic heterocycles. The Labute approximate surface area is 154 Å². The summed E-state index contributed by atoms with van der Waals surface area (Å²) in [4.78, 5) is 14.6. The lowest BCUT2D eigenvalue weighted by atomic mass is 9.85. The van der Waals surface area contributed by atoms with Gasteiger partial charge in [0, 0.05) is 25.0 Å². The molecule has 2 N–H and O–H groups in total. The summed E-state index contributed by atoms with van der Waals surface area (Å²) in [5, 5.41) is 0. The van der Waals surface area contributed by atoms with Crippen molar-refractivity contribution in [2.24, 2.45) is 5.92 Å². The highest BCUT2D eigenvalue weighted by Crippen LogP contribution is 2.33. The molecule has 3 atom stereocenters. The third kappa shape index (κ3) is 3.74. The molecule has 3 unspecified atom stereocenters. The molecule has 2 saturated heterocycles. The highest BCUT2D eigenvalue weighted by atomic mass is 16.5. The zero-order chi connectivity index (χ0) is 17.8. The Morgan fingerprint density at radius 3 is 2.54 bits per heavy atom. The number of carbonyl (C=O) groups is 1. The molecule has 0 radical (unpaired) electrons. The van der Waals surface area contributed by atoms with E-state index in [0.29, 0.717) is 25.0 Å². The summed E-state index contributed by atoms with van der Waals surface area (Å²) in [6, 6.07) is 20.8. The van der Waals surface area contributed by atoms with Crippen molar-refractivity contribution in [1.82, 2.24) is 15.8 Å². The number of piperidine rings is 1. The lowest BCUT2D eigenvalue weighted by molar-refractivity contribution is -0.133. The van der Waals surface area contributed by atoms with Crippen LogP contribution in [-0.2, 0) is 4.79 Å². The van der Waals surface area contributed by atoms with Crippen LogP contribution in [0.5, 0.6) is 5.75 Å². The number of para-hydroxylation sites is 1. The third-order valence-corrected chi connectivity index (χ3v) is 5.35. The average Bonchev–Trinajstić information content (AvgIpc) is 3.12. The van der Waals surface area contributed by atoms with Gasteiger partial charge in [-0.25, -0.2) is 5.43 Å². The maximum Gasteiger partial charge on any atom is 0.226 e. The fourth-order valence-corrected chi connectivity index (χ4v) is 3.95. The van der Waals surface area contributed by atoms with Crippen molar-refractivity contribution in [3.05, 3.63) is 66.2 Å². The van der Waals surface area contributed by atoms with Crippen LogP contribution in [-0.4, -0.2) is 36.5 Å². The summed E-state index contributed by atoms with van der Waals surface area (Å²) in [6.45, 7) is 2.02. The lowest BCUT2D eigenvalue weighted by Crippen LogP contribution is -2.48. The Bertz CT molecular complexity index is 723. The quantitative estimate of drug-likeness (QED) is 0.869. The van der Waals surface area contributed by atoms with Gasteiger partial charge >= 0.3 is 0 Å². The molecule has 2 aromatic rings. The van der Waals surface area contributed by atoms with Gasteiger partial charge in [-0.1, -0.05) is 48.5 Å². The number of hydrazine groups is 1. The molecule has 0 saturated carbocycles. The van der Waals surface area contributed by atoms with E-state index < -0.39 is 0 Å². The van der Waals surface area contributed by atoms with E-state index in [1.54, 1.807) is 0 Å². The van der Waals surface area contributed by atoms with Crippen LogP contribution in [0.1, 0.15) is 24.4 Å². The molecule has 26 heavy (non-hydrogen) atoms. The molecule has 0 bridgehead atoms. The van der Waals surface area contributed by atoms with Gasteiger partial charge in [0.05, 0.1) is 19.1 Å². The van der Waals surface area contributed by atoms with E-state index in [2.05, 4.69) is 35.1 Å². The van der Waals surface area contributed by atoms with Crippen LogP contribution >= 0.6 is 0 Å². The van der Waals surface area contributed by atoms with Crippen LogP contribution < -0.4 is 15.6 Å². The molecule has 2 fully saturated rings.